The van der Waals surface area contributed by atoms with Gasteiger partial charge in [0.15, 0.2) is 17.3 Å². The molecule has 5 heteroatoms. The van der Waals surface area contributed by atoms with Crippen LogP contribution in [0.15, 0.2) is 10.5 Å². The van der Waals surface area contributed by atoms with Crippen LogP contribution in [0.2, 0.25) is 0 Å². The van der Waals surface area contributed by atoms with Crippen LogP contribution in [0.4, 0.5) is 0 Å². The van der Waals surface area contributed by atoms with Crippen LogP contribution in [0.1, 0.15) is 22.8 Å². The average molecular weight is 286 g/mol. The highest BCUT2D eigenvalue weighted by Crippen LogP contribution is 2.43. The molecule has 1 heterocycles. The third-order valence-corrected chi connectivity index (χ3v) is 3.38. The number of benzene rings is 1. The van der Waals surface area contributed by atoms with Gasteiger partial charge in [0, 0.05) is 5.56 Å². The number of fused-ring (bicyclic) bond motifs is 1. The predicted octanol–water partition coefficient (Wildman–Crippen LogP) is 1.88. The number of carbonyl (C=O) groups is 1. The predicted molar refractivity (Wildman–Crippen MR) is 63.0 cm³/mol. The van der Waals surface area contributed by atoms with Crippen molar-refractivity contribution in [3.63, 3.8) is 0 Å². The summed E-state index contributed by atoms with van der Waals surface area (Å²) >= 11 is 3.44. The fourth-order valence-corrected chi connectivity index (χ4v) is 2.55. The number of Topliss-reactive ketones (excluding diaryl/α,β-unsaturated/α-hetero) is 1. The lowest BCUT2D eigenvalue weighted by molar-refractivity contribution is 0.1000. The molecule has 0 bridgehead atoms. The Hall–Kier alpha value is -1.07. The smallest absolute Gasteiger partial charge is 0.231 e. The quantitative estimate of drug-likeness (QED) is 0.862. The van der Waals surface area contributed by atoms with Crippen LogP contribution in [-0.2, 0) is 6.42 Å². The first-order valence-electron chi connectivity index (χ1n) is 5.03. The maximum Gasteiger partial charge on any atom is 0.231 e. The average Bonchev–Trinajstić information content (AvgIpc) is 2.76. The zero-order valence-corrected chi connectivity index (χ0v) is 10.5. The van der Waals surface area contributed by atoms with Crippen molar-refractivity contribution in [2.24, 2.45) is 5.73 Å². The largest absolute Gasteiger partial charge is 0.454 e. The topological polar surface area (TPSA) is 61.6 Å². The lowest BCUT2D eigenvalue weighted by Gasteiger charge is -2.10. The van der Waals surface area contributed by atoms with Crippen LogP contribution in [0.25, 0.3) is 0 Å². The van der Waals surface area contributed by atoms with Gasteiger partial charge in [0.25, 0.3) is 0 Å². The Kier molecular flexibility index (Phi) is 3.16. The van der Waals surface area contributed by atoms with Crippen LogP contribution in [0.3, 0.4) is 0 Å². The first-order valence-corrected chi connectivity index (χ1v) is 5.82. The molecule has 0 aromatic heterocycles. The van der Waals surface area contributed by atoms with Gasteiger partial charge in [0.2, 0.25) is 6.79 Å². The van der Waals surface area contributed by atoms with Crippen LogP contribution >= 0.6 is 15.9 Å². The van der Waals surface area contributed by atoms with Crippen molar-refractivity contribution in [3.8, 4) is 11.5 Å². The molecule has 0 aliphatic carbocycles. The van der Waals surface area contributed by atoms with E-state index in [1.165, 1.54) is 0 Å². The molecule has 0 unspecified atom stereocenters. The number of halogens is 1. The lowest BCUT2D eigenvalue weighted by atomic mass is 10.0. The summed E-state index contributed by atoms with van der Waals surface area (Å²) in [7, 11) is 0. The van der Waals surface area contributed by atoms with Gasteiger partial charge in [-0.05, 0) is 34.0 Å². The highest BCUT2D eigenvalue weighted by Gasteiger charge is 2.24. The molecule has 0 saturated carbocycles. The van der Waals surface area contributed by atoms with E-state index in [0.29, 0.717) is 17.1 Å². The number of hydrogen-bond acceptors (Lipinski definition) is 4. The summed E-state index contributed by atoms with van der Waals surface area (Å²) in [5.41, 5.74) is 6.91. The fraction of sp³-hybridized carbons (Fsp3) is 0.364. The minimum atomic E-state index is -0.0872. The molecule has 0 spiro atoms. The van der Waals surface area contributed by atoms with E-state index in [2.05, 4.69) is 15.9 Å². The zero-order valence-electron chi connectivity index (χ0n) is 8.88. The molecule has 2 N–H and O–H groups in total. The summed E-state index contributed by atoms with van der Waals surface area (Å²) in [5.74, 6) is 1.18. The summed E-state index contributed by atoms with van der Waals surface area (Å²) in [5, 5.41) is 0. The molecular weight excluding hydrogens is 274 g/mol. The molecule has 4 nitrogen and oxygen atoms in total. The van der Waals surface area contributed by atoms with Gasteiger partial charge in [-0.2, -0.15) is 0 Å². The normalized spacial score (nSPS) is 12.9. The minimum absolute atomic E-state index is 0.000909. The van der Waals surface area contributed by atoms with Gasteiger partial charge in [0.1, 0.15) is 0 Å². The molecule has 1 aromatic rings. The summed E-state index contributed by atoms with van der Waals surface area (Å²) in [4.78, 5) is 11.7. The van der Waals surface area contributed by atoms with Crippen molar-refractivity contribution in [2.75, 3.05) is 13.3 Å². The molecular formula is C11H12BrNO3. The molecule has 2 rings (SSSR count). The van der Waals surface area contributed by atoms with Crippen molar-refractivity contribution in [3.05, 3.63) is 21.7 Å². The van der Waals surface area contributed by atoms with E-state index in [0.717, 1.165) is 16.5 Å². The summed E-state index contributed by atoms with van der Waals surface area (Å²) in [6.07, 6.45) is 0.734. The zero-order chi connectivity index (χ0) is 11.7. The Morgan fingerprint density at radius 3 is 2.94 bits per heavy atom. The highest BCUT2D eigenvalue weighted by molar-refractivity contribution is 9.10. The number of ether oxygens (including phenoxy) is 2. The summed E-state index contributed by atoms with van der Waals surface area (Å²) in [6.45, 7) is 2.17. The standard InChI is InChI=1S/C11H12BrNO3/c1-2-6-7(8(14)4-13)3-9-11(10(6)12)16-5-15-9/h3H,2,4-5,13H2,1H3. The van der Waals surface area contributed by atoms with Crippen LogP contribution in [-0.4, -0.2) is 19.1 Å². The number of ketones is 1. The van der Waals surface area contributed by atoms with Gasteiger partial charge in [-0.15, -0.1) is 0 Å². The van der Waals surface area contributed by atoms with Crippen molar-refractivity contribution in [1.82, 2.24) is 0 Å². The molecule has 0 radical (unpaired) electrons. The number of nitrogens with two attached hydrogens (primary N) is 1. The van der Waals surface area contributed by atoms with E-state index in [-0.39, 0.29) is 19.1 Å². The van der Waals surface area contributed by atoms with E-state index in [4.69, 9.17) is 15.2 Å². The second-order valence-electron chi connectivity index (χ2n) is 3.43. The Labute approximate surface area is 102 Å². The molecule has 1 aliphatic rings. The first kappa shape index (κ1) is 11.4. The number of hydrogen-bond donors (Lipinski definition) is 1. The van der Waals surface area contributed by atoms with E-state index >= 15 is 0 Å². The van der Waals surface area contributed by atoms with Crippen molar-refractivity contribution in [1.29, 1.82) is 0 Å². The SMILES string of the molecule is CCc1c(C(=O)CN)cc2c(c1Br)OCO2. The van der Waals surface area contributed by atoms with Crippen molar-refractivity contribution >= 4 is 21.7 Å². The number of carbonyl (C=O) groups excluding carboxylic acids is 1. The molecule has 0 saturated heterocycles. The van der Waals surface area contributed by atoms with Crippen LogP contribution in [0.5, 0.6) is 11.5 Å². The van der Waals surface area contributed by atoms with Crippen molar-refractivity contribution < 1.29 is 14.3 Å². The molecule has 0 fully saturated rings. The molecule has 1 aliphatic heterocycles. The Morgan fingerprint density at radius 1 is 1.56 bits per heavy atom. The maximum atomic E-state index is 11.7. The highest BCUT2D eigenvalue weighted by atomic mass is 79.9. The van der Waals surface area contributed by atoms with Crippen LogP contribution < -0.4 is 15.2 Å². The van der Waals surface area contributed by atoms with Gasteiger partial charge in [-0.25, -0.2) is 0 Å². The van der Waals surface area contributed by atoms with Gasteiger partial charge < -0.3 is 15.2 Å². The second-order valence-corrected chi connectivity index (χ2v) is 4.22. The maximum absolute atomic E-state index is 11.7. The van der Waals surface area contributed by atoms with E-state index in [1.807, 2.05) is 6.92 Å². The molecule has 1 aromatic carbocycles. The summed E-state index contributed by atoms with van der Waals surface area (Å²) in [6, 6.07) is 1.71. The lowest BCUT2D eigenvalue weighted by Crippen LogP contribution is -2.15. The van der Waals surface area contributed by atoms with E-state index in [1.54, 1.807) is 6.07 Å². The molecule has 86 valence electrons. The fourth-order valence-electron chi connectivity index (χ4n) is 1.75. The van der Waals surface area contributed by atoms with Gasteiger partial charge >= 0.3 is 0 Å². The minimum Gasteiger partial charge on any atom is -0.454 e. The van der Waals surface area contributed by atoms with E-state index < -0.39 is 0 Å². The van der Waals surface area contributed by atoms with Gasteiger partial charge in [-0.1, -0.05) is 6.92 Å². The monoisotopic (exact) mass is 285 g/mol. The Bertz CT molecular complexity index is 445. The Balaban J connectivity index is 2.61. The van der Waals surface area contributed by atoms with Gasteiger partial charge in [-0.3, -0.25) is 4.79 Å². The van der Waals surface area contributed by atoms with Crippen LogP contribution in [0, 0.1) is 0 Å². The summed E-state index contributed by atoms with van der Waals surface area (Å²) < 4.78 is 11.4. The third kappa shape index (κ3) is 1.70. The first-order chi connectivity index (χ1) is 7.69. The third-order valence-electron chi connectivity index (χ3n) is 2.55. The number of rotatable bonds is 3. The van der Waals surface area contributed by atoms with E-state index in [9.17, 15) is 4.79 Å². The second kappa shape index (κ2) is 4.43. The molecule has 0 atom stereocenters. The van der Waals surface area contributed by atoms with Crippen molar-refractivity contribution in [2.45, 2.75) is 13.3 Å². The molecule has 0 amide bonds. The molecule has 16 heavy (non-hydrogen) atoms. The Morgan fingerprint density at radius 2 is 2.31 bits per heavy atom. The van der Waals surface area contributed by atoms with Gasteiger partial charge in [0.05, 0.1) is 11.0 Å².